The number of nitrogens with one attached hydrogen (secondary N) is 1. The highest BCUT2D eigenvalue weighted by atomic mass is 16.5. The molecule has 100 valence electrons. The van der Waals surface area contributed by atoms with Crippen LogP contribution in [0.15, 0.2) is 0 Å². The molecular formula is C13H25NO3. The van der Waals surface area contributed by atoms with Crippen LogP contribution < -0.4 is 5.32 Å². The molecule has 0 aromatic carbocycles. The molecule has 2 N–H and O–H groups in total. The van der Waals surface area contributed by atoms with Gasteiger partial charge in [-0.2, -0.15) is 0 Å². The molecule has 4 heteroatoms. The highest BCUT2D eigenvalue weighted by molar-refractivity contribution is 5.70. The van der Waals surface area contributed by atoms with Gasteiger partial charge >= 0.3 is 5.97 Å². The van der Waals surface area contributed by atoms with Crippen LogP contribution in [0, 0.1) is 5.92 Å². The number of aliphatic carboxylic acids is 1. The van der Waals surface area contributed by atoms with Gasteiger partial charge in [-0.1, -0.05) is 6.42 Å². The first-order valence-corrected chi connectivity index (χ1v) is 6.55. The number of hydrogen-bond acceptors (Lipinski definition) is 3. The van der Waals surface area contributed by atoms with Gasteiger partial charge in [-0.25, -0.2) is 0 Å². The second kappa shape index (κ2) is 6.36. The summed E-state index contributed by atoms with van der Waals surface area (Å²) in [7, 11) is 0. The molecule has 4 nitrogen and oxygen atoms in total. The van der Waals surface area contributed by atoms with Gasteiger partial charge in [0.2, 0.25) is 0 Å². The van der Waals surface area contributed by atoms with E-state index in [0.717, 1.165) is 32.2 Å². The van der Waals surface area contributed by atoms with Crippen molar-refractivity contribution in [1.82, 2.24) is 5.32 Å². The van der Waals surface area contributed by atoms with E-state index in [9.17, 15) is 4.79 Å². The fourth-order valence-electron chi connectivity index (χ4n) is 2.43. The summed E-state index contributed by atoms with van der Waals surface area (Å²) >= 11 is 0. The number of rotatable bonds is 6. The second-order valence-electron chi connectivity index (χ2n) is 5.47. The molecule has 17 heavy (non-hydrogen) atoms. The third-order valence-corrected chi connectivity index (χ3v) is 3.37. The SMILES string of the molecule is CCOC(C)(C)CNC1CCCC(C(=O)O)C1. The highest BCUT2D eigenvalue weighted by Crippen LogP contribution is 2.24. The van der Waals surface area contributed by atoms with E-state index in [4.69, 9.17) is 9.84 Å². The predicted octanol–water partition coefficient (Wildman–Crippen LogP) is 2.03. The summed E-state index contributed by atoms with van der Waals surface area (Å²) in [5, 5.41) is 12.5. The third-order valence-electron chi connectivity index (χ3n) is 3.37. The van der Waals surface area contributed by atoms with Gasteiger partial charge in [0, 0.05) is 19.2 Å². The molecule has 2 atom stereocenters. The van der Waals surface area contributed by atoms with Crippen molar-refractivity contribution in [2.24, 2.45) is 5.92 Å². The fourth-order valence-corrected chi connectivity index (χ4v) is 2.43. The summed E-state index contributed by atoms with van der Waals surface area (Å²) in [6.45, 7) is 7.58. The second-order valence-corrected chi connectivity index (χ2v) is 5.47. The fraction of sp³-hybridized carbons (Fsp3) is 0.923. The van der Waals surface area contributed by atoms with Crippen molar-refractivity contribution >= 4 is 5.97 Å². The molecule has 0 aromatic heterocycles. The topological polar surface area (TPSA) is 58.6 Å². The molecule has 0 aliphatic heterocycles. The van der Waals surface area contributed by atoms with Gasteiger partial charge < -0.3 is 15.2 Å². The van der Waals surface area contributed by atoms with Crippen LogP contribution in [0.2, 0.25) is 0 Å². The normalized spacial score (nSPS) is 25.8. The van der Waals surface area contributed by atoms with E-state index in [-0.39, 0.29) is 11.5 Å². The van der Waals surface area contributed by atoms with Gasteiger partial charge in [0.25, 0.3) is 0 Å². The Morgan fingerprint density at radius 1 is 1.47 bits per heavy atom. The maximum Gasteiger partial charge on any atom is 0.306 e. The van der Waals surface area contributed by atoms with Crippen molar-refractivity contribution in [3.05, 3.63) is 0 Å². The van der Waals surface area contributed by atoms with Crippen molar-refractivity contribution in [2.75, 3.05) is 13.2 Å². The molecule has 1 aliphatic rings. The smallest absolute Gasteiger partial charge is 0.306 e. The quantitative estimate of drug-likeness (QED) is 0.749. The van der Waals surface area contributed by atoms with Gasteiger partial charge in [-0.15, -0.1) is 0 Å². The maximum absolute atomic E-state index is 11.0. The minimum atomic E-state index is -0.652. The number of carbonyl (C=O) groups is 1. The molecule has 0 amide bonds. The average Bonchev–Trinajstić information content (AvgIpc) is 2.27. The molecular weight excluding hydrogens is 218 g/mol. The maximum atomic E-state index is 11.0. The van der Waals surface area contributed by atoms with Crippen LogP contribution in [0.4, 0.5) is 0 Å². The van der Waals surface area contributed by atoms with E-state index < -0.39 is 5.97 Å². The first-order valence-electron chi connectivity index (χ1n) is 6.55. The van der Waals surface area contributed by atoms with Gasteiger partial charge in [0.1, 0.15) is 0 Å². The van der Waals surface area contributed by atoms with E-state index >= 15 is 0 Å². The lowest BCUT2D eigenvalue weighted by molar-refractivity contribution is -0.143. The van der Waals surface area contributed by atoms with Gasteiger partial charge in [-0.05, 0) is 40.0 Å². The molecule has 1 fully saturated rings. The molecule has 1 rings (SSSR count). The monoisotopic (exact) mass is 243 g/mol. The number of carboxylic acid groups (broad SMARTS) is 1. The molecule has 1 saturated carbocycles. The van der Waals surface area contributed by atoms with Crippen LogP contribution in [0.5, 0.6) is 0 Å². The lowest BCUT2D eigenvalue weighted by atomic mass is 9.85. The molecule has 0 spiro atoms. The van der Waals surface area contributed by atoms with Crippen LogP contribution in [0.1, 0.15) is 46.5 Å². The van der Waals surface area contributed by atoms with Crippen molar-refractivity contribution in [2.45, 2.75) is 58.1 Å². The first-order chi connectivity index (χ1) is 7.94. The van der Waals surface area contributed by atoms with E-state index in [1.807, 2.05) is 6.92 Å². The van der Waals surface area contributed by atoms with Crippen molar-refractivity contribution < 1.29 is 14.6 Å². The van der Waals surface area contributed by atoms with E-state index in [1.165, 1.54) is 0 Å². The zero-order valence-corrected chi connectivity index (χ0v) is 11.2. The van der Waals surface area contributed by atoms with Crippen LogP contribution in [-0.4, -0.2) is 35.9 Å². The Kier molecular flexibility index (Phi) is 5.40. The zero-order chi connectivity index (χ0) is 12.9. The molecule has 0 aromatic rings. The first kappa shape index (κ1) is 14.5. The van der Waals surface area contributed by atoms with Gasteiger partial charge in [-0.3, -0.25) is 4.79 Å². The highest BCUT2D eigenvalue weighted by Gasteiger charge is 2.28. The Morgan fingerprint density at radius 2 is 2.18 bits per heavy atom. The Hall–Kier alpha value is -0.610. The Balaban J connectivity index is 2.34. The van der Waals surface area contributed by atoms with Crippen LogP contribution in [0.3, 0.4) is 0 Å². The van der Waals surface area contributed by atoms with E-state index in [0.29, 0.717) is 12.6 Å². The van der Waals surface area contributed by atoms with Crippen molar-refractivity contribution in [1.29, 1.82) is 0 Å². The molecule has 0 radical (unpaired) electrons. The third kappa shape index (κ3) is 5.04. The molecule has 2 unspecified atom stereocenters. The lowest BCUT2D eigenvalue weighted by Gasteiger charge is -2.32. The number of carboxylic acids is 1. The average molecular weight is 243 g/mol. The molecule has 1 aliphatic carbocycles. The number of hydrogen-bond donors (Lipinski definition) is 2. The Morgan fingerprint density at radius 3 is 2.76 bits per heavy atom. The Labute approximate surface area is 104 Å². The largest absolute Gasteiger partial charge is 0.481 e. The summed E-state index contributed by atoms with van der Waals surface area (Å²) in [4.78, 5) is 11.0. The van der Waals surface area contributed by atoms with Crippen molar-refractivity contribution in [3.8, 4) is 0 Å². The summed E-state index contributed by atoms with van der Waals surface area (Å²) in [6.07, 6.45) is 3.65. The molecule has 0 saturated heterocycles. The summed E-state index contributed by atoms with van der Waals surface area (Å²) in [5.74, 6) is -0.822. The van der Waals surface area contributed by atoms with Gasteiger partial charge in [0.05, 0.1) is 11.5 Å². The minimum absolute atomic E-state index is 0.170. The summed E-state index contributed by atoms with van der Waals surface area (Å²) in [5.41, 5.74) is -0.176. The van der Waals surface area contributed by atoms with Crippen LogP contribution >= 0.6 is 0 Å². The van der Waals surface area contributed by atoms with E-state index in [1.54, 1.807) is 0 Å². The van der Waals surface area contributed by atoms with Gasteiger partial charge in [0.15, 0.2) is 0 Å². The molecule has 0 bridgehead atoms. The predicted molar refractivity (Wildman–Crippen MR) is 67.1 cm³/mol. The minimum Gasteiger partial charge on any atom is -0.481 e. The van der Waals surface area contributed by atoms with E-state index in [2.05, 4.69) is 19.2 Å². The molecule has 0 heterocycles. The summed E-state index contributed by atoms with van der Waals surface area (Å²) < 4.78 is 5.62. The zero-order valence-electron chi connectivity index (χ0n) is 11.2. The standard InChI is InChI=1S/C13H25NO3/c1-4-17-13(2,3)9-14-11-7-5-6-10(8-11)12(15)16/h10-11,14H,4-9H2,1-3H3,(H,15,16). The van der Waals surface area contributed by atoms with Crippen molar-refractivity contribution in [3.63, 3.8) is 0 Å². The number of ether oxygens (including phenoxy) is 1. The summed E-state index contributed by atoms with van der Waals surface area (Å²) in [6, 6.07) is 0.324. The lowest BCUT2D eigenvalue weighted by Crippen LogP contribution is -2.44. The van der Waals surface area contributed by atoms with Crippen LogP contribution in [-0.2, 0) is 9.53 Å². The Bertz CT molecular complexity index is 253. The van der Waals surface area contributed by atoms with Crippen LogP contribution in [0.25, 0.3) is 0 Å².